The van der Waals surface area contributed by atoms with Crippen molar-refractivity contribution in [3.63, 3.8) is 0 Å². The Hall–Kier alpha value is -0.610. The lowest BCUT2D eigenvalue weighted by molar-refractivity contribution is -0.119. The lowest BCUT2D eigenvalue weighted by Crippen LogP contribution is -2.35. The summed E-state index contributed by atoms with van der Waals surface area (Å²) in [7, 11) is 4.09. The molecule has 0 aromatic carbocycles. The zero-order chi connectivity index (χ0) is 10.3. The number of primary amides is 1. The largest absolute Gasteiger partial charge is 0.369 e. The zero-order valence-electron chi connectivity index (χ0n) is 8.92. The normalized spacial score (nSPS) is 11.2. The van der Waals surface area contributed by atoms with Gasteiger partial charge in [0.25, 0.3) is 0 Å². The topological polar surface area (TPSA) is 49.6 Å². The second-order valence-electron chi connectivity index (χ2n) is 3.49. The predicted octanol–water partition coefficient (Wildman–Crippen LogP) is -0.255. The van der Waals surface area contributed by atoms with Crippen molar-refractivity contribution in [1.82, 2.24) is 9.80 Å². The minimum atomic E-state index is -0.244. The van der Waals surface area contributed by atoms with Crippen LogP contribution in [0.2, 0.25) is 0 Å². The first-order valence-electron chi connectivity index (χ1n) is 4.71. The van der Waals surface area contributed by atoms with Gasteiger partial charge in [0.2, 0.25) is 5.91 Å². The number of likely N-dealkylation sites (N-methyl/N-ethyl adjacent to an activating group) is 1. The third-order valence-corrected chi connectivity index (χ3v) is 1.91. The Morgan fingerprint density at radius 2 is 1.92 bits per heavy atom. The summed E-state index contributed by atoms with van der Waals surface area (Å²) in [5, 5.41) is 0. The highest BCUT2D eigenvalue weighted by molar-refractivity contribution is 5.75. The summed E-state index contributed by atoms with van der Waals surface area (Å²) in [6.45, 7) is 5.30. The van der Waals surface area contributed by atoms with Crippen LogP contribution in [0.15, 0.2) is 0 Å². The van der Waals surface area contributed by atoms with Crippen molar-refractivity contribution < 1.29 is 4.79 Å². The number of nitrogens with zero attached hydrogens (tertiary/aromatic N) is 2. The van der Waals surface area contributed by atoms with Crippen LogP contribution in [-0.4, -0.2) is 56.0 Å². The molecule has 0 radical (unpaired) electrons. The van der Waals surface area contributed by atoms with Crippen LogP contribution in [0.3, 0.4) is 0 Å². The standard InChI is InChI=1S/C9H21N3O/c1-4-12(8-9(10)13)7-5-6-11(2)3/h4-8H2,1-3H3,(H2,10,13). The molecule has 0 fully saturated rings. The van der Waals surface area contributed by atoms with E-state index in [1.54, 1.807) is 0 Å². The van der Waals surface area contributed by atoms with Crippen LogP contribution >= 0.6 is 0 Å². The summed E-state index contributed by atoms with van der Waals surface area (Å²) in [5.41, 5.74) is 5.11. The van der Waals surface area contributed by atoms with Gasteiger partial charge in [-0.1, -0.05) is 6.92 Å². The van der Waals surface area contributed by atoms with Crippen LogP contribution < -0.4 is 5.73 Å². The highest BCUT2D eigenvalue weighted by Crippen LogP contribution is 1.91. The molecule has 0 aliphatic carbocycles. The molecular formula is C9H21N3O. The van der Waals surface area contributed by atoms with E-state index in [1.807, 2.05) is 21.0 Å². The van der Waals surface area contributed by atoms with Crippen LogP contribution in [0.1, 0.15) is 13.3 Å². The van der Waals surface area contributed by atoms with Crippen LogP contribution in [-0.2, 0) is 4.79 Å². The van der Waals surface area contributed by atoms with Gasteiger partial charge in [-0.05, 0) is 40.2 Å². The molecule has 0 aliphatic heterocycles. The number of nitrogens with two attached hydrogens (primary N) is 1. The molecule has 0 rings (SSSR count). The van der Waals surface area contributed by atoms with E-state index in [2.05, 4.69) is 9.80 Å². The fraction of sp³-hybridized carbons (Fsp3) is 0.889. The molecule has 0 atom stereocenters. The Labute approximate surface area is 80.7 Å². The van der Waals surface area contributed by atoms with Crippen molar-refractivity contribution >= 4 is 5.91 Å². The molecule has 0 unspecified atom stereocenters. The third kappa shape index (κ3) is 7.74. The van der Waals surface area contributed by atoms with Crippen molar-refractivity contribution in [2.45, 2.75) is 13.3 Å². The van der Waals surface area contributed by atoms with Gasteiger partial charge in [0.15, 0.2) is 0 Å². The molecule has 0 aromatic rings. The van der Waals surface area contributed by atoms with Gasteiger partial charge in [-0.15, -0.1) is 0 Å². The van der Waals surface area contributed by atoms with E-state index in [4.69, 9.17) is 5.73 Å². The summed E-state index contributed by atoms with van der Waals surface area (Å²) in [6.07, 6.45) is 1.08. The van der Waals surface area contributed by atoms with Crippen LogP contribution in [0, 0.1) is 0 Å². The molecule has 2 N–H and O–H groups in total. The van der Waals surface area contributed by atoms with Gasteiger partial charge in [-0.3, -0.25) is 9.69 Å². The summed E-state index contributed by atoms with van der Waals surface area (Å²) >= 11 is 0. The van der Waals surface area contributed by atoms with E-state index in [-0.39, 0.29) is 5.91 Å². The molecule has 0 spiro atoms. The van der Waals surface area contributed by atoms with Gasteiger partial charge in [-0.25, -0.2) is 0 Å². The van der Waals surface area contributed by atoms with Crippen molar-refractivity contribution in [2.75, 3.05) is 40.3 Å². The highest BCUT2D eigenvalue weighted by Gasteiger charge is 2.04. The molecule has 0 aliphatic rings. The molecule has 0 saturated carbocycles. The van der Waals surface area contributed by atoms with Crippen molar-refractivity contribution in [3.05, 3.63) is 0 Å². The van der Waals surface area contributed by atoms with E-state index in [9.17, 15) is 4.79 Å². The number of amides is 1. The lowest BCUT2D eigenvalue weighted by atomic mass is 10.3. The minimum Gasteiger partial charge on any atom is -0.369 e. The Bertz CT molecular complexity index is 148. The predicted molar refractivity (Wildman–Crippen MR) is 54.5 cm³/mol. The molecule has 13 heavy (non-hydrogen) atoms. The van der Waals surface area contributed by atoms with Crippen LogP contribution in [0.5, 0.6) is 0 Å². The van der Waals surface area contributed by atoms with Gasteiger partial charge in [0.1, 0.15) is 0 Å². The molecule has 1 amide bonds. The number of rotatable bonds is 7. The van der Waals surface area contributed by atoms with Crippen molar-refractivity contribution in [2.24, 2.45) is 5.73 Å². The molecular weight excluding hydrogens is 166 g/mol. The van der Waals surface area contributed by atoms with Gasteiger partial charge in [0.05, 0.1) is 6.54 Å². The van der Waals surface area contributed by atoms with Gasteiger partial charge in [0, 0.05) is 0 Å². The van der Waals surface area contributed by atoms with E-state index < -0.39 is 0 Å². The van der Waals surface area contributed by atoms with Crippen molar-refractivity contribution in [3.8, 4) is 0 Å². The Morgan fingerprint density at radius 3 is 2.31 bits per heavy atom. The van der Waals surface area contributed by atoms with Crippen LogP contribution in [0.4, 0.5) is 0 Å². The smallest absolute Gasteiger partial charge is 0.231 e. The van der Waals surface area contributed by atoms with Gasteiger partial charge < -0.3 is 10.6 Å². The van der Waals surface area contributed by atoms with Gasteiger partial charge in [-0.2, -0.15) is 0 Å². The third-order valence-electron chi connectivity index (χ3n) is 1.91. The second kappa shape index (κ2) is 6.86. The van der Waals surface area contributed by atoms with Crippen LogP contribution in [0.25, 0.3) is 0 Å². The molecule has 0 heterocycles. The van der Waals surface area contributed by atoms with E-state index in [0.717, 1.165) is 26.1 Å². The maximum Gasteiger partial charge on any atom is 0.231 e. The van der Waals surface area contributed by atoms with Crippen molar-refractivity contribution in [1.29, 1.82) is 0 Å². The molecule has 0 aromatic heterocycles. The average Bonchev–Trinajstić information content (AvgIpc) is 2.01. The Balaban J connectivity index is 3.53. The number of carbonyl (C=O) groups is 1. The number of hydrogen-bond donors (Lipinski definition) is 1. The molecule has 0 saturated heterocycles. The molecule has 4 nitrogen and oxygen atoms in total. The number of hydrogen-bond acceptors (Lipinski definition) is 3. The first kappa shape index (κ1) is 12.4. The minimum absolute atomic E-state index is 0.244. The molecule has 78 valence electrons. The zero-order valence-corrected chi connectivity index (χ0v) is 8.92. The Kier molecular flexibility index (Phi) is 6.54. The van der Waals surface area contributed by atoms with E-state index in [1.165, 1.54) is 0 Å². The second-order valence-corrected chi connectivity index (χ2v) is 3.49. The first-order valence-corrected chi connectivity index (χ1v) is 4.71. The molecule has 0 bridgehead atoms. The van der Waals surface area contributed by atoms with E-state index >= 15 is 0 Å². The number of carbonyl (C=O) groups excluding carboxylic acids is 1. The fourth-order valence-electron chi connectivity index (χ4n) is 1.18. The Morgan fingerprint density at radius 1 is 1.31 bits per heavy atom. The van der Waals surface area contributed by atoms with E-state index in [0.29, 0.717) is 6.54 Å². The maximum atomic E-state index is 10.6. The lowest BCUT2D eigenvalue weighted by Gasteiger charge is -2.19. The quantitative estimate of drug-likeness (QED) is 0.597. The average molecular weight is 187 g/mol. The summed E-state index contributed by atoms with van der Waals surface area (Å²) in [4.78, 5) is 14.8. The summed E-state index contributed by atoms with van der Waals surface area (Å²) < 4.78 is 0. The first-order chi connectivity index (χ1) is 6.06. The highest BCUT2D eigenvalue weighted by atomic mass is 16.1. The summed E-state index contributed by atoms with van der Waals surface area (Å²) in [6, 6.07) is 0. The maximum absolute atomic E-state index is 10.6. The summed E-state index contributed by atoms with van der Waals surface area (Å²) in [5.74, 6) is -0.244. The molecule has 4 heteroatoms. The monoisotopic (exact) mass is 187 g/mol. The SMILES string of the molecule is CCN(CCCN(C)C)CC(N)=O. The fourth-order valence-corrected chi connectivity index (χ4v) is 1.18. The van der Waals surface area contributed by atoms with Gasteiger partial charge >= 0.3 is 0 Å².